The van der Waals surface area contributed by atoms with Crippen molar-refractivity contribution in [2.75, 3.05) is 27.2 Å². The van der Waals surface area contributed by atoms with E-state index in [0.717, 1.165) is 0 Å². The Balaban J connectivity index is 4.04. The van der Waals surface area contributed by atoms with E-state index in [1.807, 2.05) is 19.0 Å². The molecule has 17 heavy (non-hydrogen) atoms. The van der Waals surface area contributed by atoms with Crippen molar-refractivity contribution in [1.29, 1.82) is 0 Å². The predicted molar refractivity (Wildman–Crippen MR) is 58.8 cm³/mol. The van der Waals surface area contributed by atoms with E-state index in [9.17, 15) is 14.4 Å². The van der Waals surface area contributed by atoms with Gasteiger partial charge in [-0.3, -0.25) is 4.79 Å². The normalized spacial score (nSPS) is 11.9. The molecule has 0 aliphatic carbocycles. The average Bonchev–Trinajstić information content (AvgIpc) is 2.15. The van der Waals surface area contributed by atoms with Crippen LogP contribution in [0.4, 0.5) is 4.79 Å². The molecule has 0 radical (unpaired) electrons. The molecule has 0 rings (SSSR count). The van der Waals surface area contributed by atoms with Crippen molar-refractivity contribution in [2.24, 2.45) is 0 Å². The molecule has 1 atom stereocenters. The first-order valence-electron chi connectivity index (χ1n) is 4.96. The first-order chi connectivity index (χ1) is 7.82. The number of hydrogen-bond donors (Lipinski definition) is 4. The molecule has 0 heterocycles. The van der Waals surface area contributed by atoms with Crippen LogP contribution in [0.3, 0.4) is 0 Å². The highest BCUT2D eigenvalue weighted by molar-refractivity contribution is 5.86. The second-order valence-corrected chi connectivity index (χ2v) is 3.69. The predicted octanol–water partition coefficient (Wildman–Crippen LogP) is -1.22. The third kappa shape index (κ3) is 8.03. The Labute approximate surface area is 98.6 Å². The molecule has 0 saturated heterocycles. The minimum Gasteiger partial charge on any atom is -0.481 e. The Bertz CT molecular complexity index is 292. The molecule has 0 bridgehead atoms. The maximum absolute atomic E-state index is 11.2. The molecule has 0 aromatic carbocycles. The largest absolute Gasteiger partial charge is 0.481 e. The van der Waals surface area contributed by atoms with E-state index in [2.05, 4.69) is 10.6 Å². The molecule has 2 amide bonds. The maximum atomic E-state index is 11.2. The van der Waals surface area contributed by atoms with Crippen molar-refractivity contribution in [2.45, 2.75) is 12.5 Å². The molecule has 0 spiro atoms. The van der Waals surface area contributed by atoms with Crippen LogP contribution in [0, 0.1) is 0 Å². The minimum atomic E-state index is -1.42. The zero-order chi connectivity index (χ0) is 13.4. The van der Waals surface area contributed by atoms with Crippen molar-refractivity contribution >= 4 is 18.0 Å². The molecule has 8 heteroatoms. The molecular formula is C9H17N3O5. The molecule has 4 N–H and O–H groups in total. The molecule has 8 nitrogen and oxygen atoms in total. The topological polar surface area (TPSA) is 119 Å². The molecule has 0 unspecified atom stereocenters. The summed E-state index contributed by atoms with van der Waals surface area (Å²) in [5, 5.41) is 21.6. The summed E-state index contributed by atoms with van der Waals surface area (Å²) in [5.74, 6) is -2.67. The van der Waals surface area contributed by atoms with E-state index >= 15 is 0 Å². The van der Waals surface area contributed by atoms with Crippen molar-refractivity contribution in [3.63, 3.8) is 0 Å². The van der Waals surface area contributed by atoms with Gasteiger partial charge in [-0.15, -0.1) is 0 Å². The van der Waals surface area contributed by atoms with Gasteiger partial charge < -0.3 is 25.7 Å². The first-order valence-corrected chi connectivity index (χ1v) is 4.96. The highest BCUT2D eigenvalue weighted by Gasteiger charge is 2.22. The molecule has 0 saturated carbocycles. The van der Waals surface area contributed by atoms with Gasteiger partial charge >= 0.3 is 18.0 Å². The van der Waals surface area contributed by atoms with Gasteiger partial charge in [-0.05, 0) is 14.1 Å². The van der Waals surface area contributed by atoms with E-state index < -0.39 is 30.4 Å². The van der Waals surface area contributed by atoms with Gasteiger partial charge in [0.1, 0.15) is 6.04 Å². The Kier molecular flexibility index (Phi) is 6.64. The van der Waals surface area contributed by atoms with E-state index in [1.54, 1.807) is 0 Å². The molecule has 0 aliphatic heterocycles. The van der Waals surface area contributed by atoms with E-state index in [4.69, 9.17) is 10.2 Å². The monoisotopic (exact) mass is 247 g/mol. The summed E-state index contributed by atoms with van der Waals surface area (Å²) in [6.45, 7) is 0.947. The lowest BCUT2D eigenvalue weighted by molar-refractivity contribution is -0.145. The molecule has 98 valence electrons. The van der Waals surface area contributed by atoms with Crippen LogP contribution in [0.25, 0.3) is 0 Å². The van der Waals surface area contributed by atoms with Crippen LogP contribution < -0.4 is 10.6 Å². The lowest BCUT2D eigenvalue weighted by atomic mass is 10.2. The Morgan fingerprint density at radius 2 is 1.82 bits per heavy atom. The SMILES string of the molecule is CN(C)CCNC(=O)N[C@@H](CC(=O)O)C(=O)O. The fraction of sp³-hybridized carbons (Fsp3) is 0.667. The number of rotatable bonds is 7. The van der Waals surface area contributed by atoms with Crippen LogP contribution in [0.15, 0.2) is 0 Å². The van der Waals surface area contributed by atoms with Crippen molar-refractivity contribution in [3.8, 4) is 0 Å². The van der Waals surface area contributed by atoms with Crippen LogP contribution in [0.2, 0.25) is 0 Å². The second kappa shape index (κ2) is 7.44. The van der Waals surface area contributed by atoms with E-state index in [0.29, 0.717) is 13.1 Å². The van der Waals surface area contributed by atoms with Gasteiger partial charge in [-0.1, -0.05) is 0 Å². The number of aliphatic carboxylic acids is 2. The zero-order valence-corrected chi connectivity index (χ0v) is 9.77. The highest BCUT2D eigenvalue weighted by atomic mass is 16.4. The first kappa shape index (κ1) is 15.2. The van der Waals surface area contributed by atoms with Crippen molar-refractivity contribution in [1.82, 2.24) is 15.5 Å². The highest BCUT2D eigenvalue weighted by Crippen LogP contribution is 1.92. The average molecular weight is 247 g/mol. The van der Waals surface area contributed by atoms with Gasteiger partial charge in [0, 0.05) is 13.1 Å². The molecule has 0 aromatic rings. The van der Waals surface area contributed by atoms with Gasteiger partial charge in [0.15, 0.2) is 0 Å². The van der Waals surface area contributed by atoms with Crippen molar-refractivity contribution in [3.05, 3.63) is 0 Å². The third-order valence-corrected chi connectivity index (χ3v) is 1.83. The number of hydrogen-bond acceptors (Lipinski definition) is 4. The number of carboxylic acids is 2. The zero-order valence-electron chi connectivity index (χ0n) is 9.77. The molecule has 0 aliphatic rings. The van der Waals surface area contributed by atoms with Crippen LogP contribution in [-0.2, 0) is 9.59 Å². The Morgan fingerprint density at radius 3 is 2.24 bits per heavy atom. The third-order valence-electron chi connectivity index (χ3n) is 1.83. The summed E-state index contributed by atoms with van der Waals surface area (Å²) in [4.78, 5) is 34.1. The van der Waals surface area contributed by atoms with E-state index in [1.165, 1.54) is 0 Å². The minimum absolute atomic E-state index is 0.345. The number of carboxylic acid groups (broad SMARTS) is 2. The molecular weight excluding hydrogens is 230 g/mol. The summed E-state index contributed by atoms with van der Waals surface area (Å²) >= 11 is 0. The smallest absolute Gasteiger partial charge is 0.326 e. The fourth-order valence-electron chi connectivity index (χ4n) is 0.977. The van der Waals surface area contributed by atoms with Gasteiger partial charge in [0.2, 0.25) is 0 Å². The Morgan fingerprint density at radius 1 is 1.24 bits per heavy atom. The number of nitrogens with one attached hydrogen (secondary N) is 2. The number of carbonyl (C=O) groups excluding carboxylic acids is 1. The second-order valence-electron chi connectivity index (χ2n) is 3.69. The summed E-state index contributed by atoms with van der Waals surface area (Å²) in [6.07, 6.45) is -0.656. The number of urea groups is 1. The van der Waals surface area contributed by atoms with Gasteiger partial charge in [-0.2, -0.15) is 0 Å². The van der Waals surface area contributed by atoms with E-state index in [-0.39, 0.29) is 0 Å². The van der Waals surface area contributed by atoms with Gasteiger partial charge in [0.05, 0.1) is 6.42 Å². The summed E-state index contributed by atoms with van der Waals surface area (Å²) < 4.78 is 0. The molecule has 0 fully saturated rings. The number of nitrogens with zero attached hydrogens (tertiary/aromatic N) is 1. The maximum Gasteiger partial charge on any atom is 0.326 e. The fourth-order valence-corrected chi connectivity index (χ4v) is 0.977. The van der Waals surface area contributed by atoms with Crippen LogP contribution >= 0.6 is 0 Å². The number of amides is 2. The summed E-state index contributed by atoms with van der Waals surface area (Å²) in [7, 11) is 3.65. The number of carbonyl (C=O) groups is 3. The lowest BCUT2D eigenvalue weighted by Gasteiger charge is -2.14. The standard InChI is InChI=1S/C9H17N3O5/c1-12(2)4-3-10-9(17)11-6(8(15)16)5-7(13)14/h6H,3-5H2,1-2H3,(H,13,14)(H,15,16)(H2,10,11,17)/t6-/m0/s1. The lowest BCUT2D eigenvalue weighted by Crippen LogP contribution is -2.48. The van der Waals surface area contributed by atoms with Crippen LogP contribution in [0.1, 0.15) is 6.42 Å². The summed E-state index contributed by atoms with van der Waals surface area (Å²) in [5.41, 5.74) is 0. The van der Waals surface area contributed by atoms with Crippen LogP contribution in [-0.4, -0.2) is 66.3 Å². The molecule has 0 aromatic heterocycles. The van der Waals surface area contributed by atoms with Gasteiger partial charge in [0.25, 0.3) is 0 Å². The number of likely N-dealkylation sites (N-methyl/N-ethyl adjacent to an activating group) is 1. The van der Waals surface area contributed by atoms with Crippen LogP contribution in [0.5, 0.6) is 0 Å². The van der Waals surface area contributed by atoms with Crippen molar-refractivity contribution < 1.29 is 24.6 Å². The Hall–Kier alpha value is -1.83. The summed E-state index contributed by atoms with van der Waals surface area (Å²) in [6, 6.07) is -2.12. The quantitative estimate of drug-likeness (QED) is 0.447. The van der Waals surface area contributed by atoms with Gasteiger partial charge in [-0.25, -0.2) is 9.59 Å².